The second kappa shape index (κ2) is 12.0. The fourth-order valence-electron chi connectivity index (χ4n) is 2.81. The summed E-state index contributed by atoms with van der Waals surface area (Å²) < 4.78 is 0. The molecule has 0 aliphatic heterocycles. The van der Waals surface area contributed by atoms with Crippen molar-refractivity contribution in [1.82, 2.24) is 16.0 Å². The molecule has 130 valence electrons. The predicted octanol–water partition coefficient (Wildman–Crippen LogP) is 2.51. The van der Waals surface area contributed by atoms with Crippen LogP contribution in [0.4, 0.5) is 0 Å². The van der Waals surface area contributed by atoms with Crippen LogP contribution in [0.2, 0.25) is 0 Å². The molecule has 0 bridgehead atoms. The monoisotopic (exact) mass is 424 g/mol. The van der Waals surface area contributed by atoms with Gasteiger partial charge in [-0.05, 0) is 43.9 Å². The fourth-order valence-corrected chi connectivity index (χ4v) is 2.81. The van der Waals surface area contributed by atoms with Crippen molar-refractivity contribution < 1.29 is 4.79 Å². The van der Waals surface area contributed by atoms with Crippen LogP contribution in [0.15, 0.2) is 4.99 Å². The number of nitrogens with one attached hydrogen (secondary N) is 3. The van der Waals surface area contributed by atoms with Gasteiger partial charge in [0.15, 0.2) is 5.96 Å². The third-order valence-corrected chi connectivity index (χ3v) is 4.27. The van der Waals surface area contributed by atoms with Gasteiger partial charge >= 0.3 is 0 Å². The zero-order chi connectivity index (χ0) is 15.7. The highest BCUT2D eigenvalue weighted by molar-refractivity contribution is 14.0. The average molecular weight is 424 g/mol. The molecule has 1 saturated carbocycles. The van der Waals surface area contributed by atoms with Crippen LogP contribution in [-0.2, 0) is 4.79 Å². The van der Waals surface area contributed by atoms with Crippen molar-refractivity contribution in [3.63, 3.8) is 0 Å². The summed E-state index contributed by atoms with van der Waals surface area (Å²) in [5.74, 6) is 2.39. The van der Waals surface area contributed by atoms with E-state index in [1.54, 1.807) is 7.05 Å². The Kier molecular flexibility index (Phi) is 11.7. The van der Waals surface area contributed by atoms with Crippen LogP contribution in [0.1, 0.15) is 52.9 Å². The largest absolute Gasteiger partial charge is 0.355 e. The Morgan fingerprint density at radius 2 is 1.82 bits per heavy atom. The number of rotatable bonds is 6. The molecule has 0 aromatic carbocycles. The van der Waals surface area contributed by atoms with E-state index in [-0.39, 0.29) is 36.4 Å². The summed E-state index contributed by atoms with van der Waals surface area (Å²) in [6.45, 7) is 7.68. The van der Waals surface area contributed by atoms with Crippen molar-refractivity contribution in [2.24, 2.45) is 16.8 Å². The Bertz CT molecular complexity index is 339. The van der Waals surface area contributed by atoms with Gasteiger partial charge in [-0.1, -0.05) is 20.8 Å². The summed E-state index contributed by atoms with van der Waals surface area (Å²) >= 11 is 0. The molecule has 0 spiro atoms. The minimum absolute atomic E-state index is 0. The Balaban J connectivity index is 0.00000441. The lowest BCUT2D eigenvalue weighted by atomic mass is 9.80. The number of halogens is 1. The summed E-state index contributed by atoms with van der Waals surface area (Å²) in [7, 11) is 1.75. The molecule has 1 rings (SSSR count). The van der Waals surface area contributed by atoms with E-state index in [2.05, 4.69) is 34.8 Å². The number of carbonyl (C=O) groups excluding carboxylic acids is 1. The third kappa shape index (κ3) is 8.19. The summed E-state index contributed by atoms with van der Waals surface area (Å²) in [6, 6.07) is 0.477. The first-order chi connectivity index (χ1) is 10.1. The molecule has 0 radical (unpaired) electrons. The minimum Gasteiger partial charge on any atom is -0.355 e. The molecule has 5 nitrogen and oxygen atoms in total. The highest BCUT2D eigenvalue weighted by atomic mass is 127. The first-order valence-corrected chi connectivity index (χ1v) is 8.30. The van der Waals surface area contributed by atoms with E-state index in [0.29, 0.717) is 6.04 Å². The molecule has 0 saturated heterocycles. The van der Waals surface area contributed by atoms with Crippen LogP contribution < -0.4 is 16.0 Å². The topological polar surface area (TPSA) is 65.5 Å². The summed E-state index contributed by atoms with van der Waals surface area (Å²) in [4.78, 5) is 15.8. The Morgan fingerprint density at radius 1 is 1.18 bits per heavy atom. The molecule has 1 aliphatic carbocycles. The van der Waals surface area contributed by atoms with Gasteiger partial charge in [0.05, 0.1) is 6.54 Å². The molecule has 0 atom stereocenters. The third-order valence-electron chi connectivity index (χ3n) is 4.27. The highest BCUT2D eigenvalue weighted by Crippen LogP contribution is 2.29. The molecule has 1 fully saturated rings. The number of aliphatic imine (C=N–C) groups is 1. The van der Waals surface area contributed by atoms with Crippen LogP contribution in [0.3, 0.4) is 0 Å². The molecule has 1 amide bonds. The van der Waals surface area contributed by atoms with Gasteiger partial charge in [0.25, 0.3) is 0 Å². The molecule has 0 heterocycles. The van der Waals surface area contributed by atoms with Crippen LogP contribution in [0.5, 0.6) is 0 Å². The van der Waals surface area contributed by atoms with E-state index < -0.39 is 0 Å². The standard InChI is InChI=1S/C16H32N4O.HI/c1-5-10-18-15(21)11-19-16(17-4)20-14-8-6-13(7-9-14)12(2)3;/h12-14H,5-11H2,1-4H3,(H,18,21)(H2,17,19,20);1H. The Hall–Kier alpha value is -0.530. The van der Waals surface area contributed by atoms with Crippen molar-refractivity contribution in [2.45, 2.75) is 58.9 Å². The van der Waals surface area contributed by atoms with Gasteiger partial charge in [-0.2, -0.15) is 0 Å². The maximum Gasteiger partial charge on any atom is 0.239 e. The van der Waals surface area contributed by atoms with E-state index in [4.69, 9.17) is 0 Å². The first-order valence-electron chi connectivity index (χ1n) is 8.30. The number of carbonyl (C=O) groups is 1. The number of hydrogen-bond donors (Lipinski definition) is 3. The van der Waals surface area contributed by atoms with Gasteiger partial charge in [0, 0.05) is 19.6 Å². The molecule has 3 N–H and O–H groups in total. The number of amides is 1. The lowest BCUT2D eigenvalue weighted by Gasteiger charge is -2.32. The predicted molar refractivity (Wildman–Crippen MR) is 104 cm³/mol. The minimum atomic E-state index is 0. The summed E-state index contributed by atoms with van der Waals surface area (Å²) in [5, 5.41) is 9.37. The second-order valence-corrected chi connectivity index (χ2v) is 6.28. The average Bonchev–Trinajstić information content (AvgIpc) is 2.49. The molecule has 1 aliphatic rings. The zero-order valence-electron chi connectivity index (χ0n) is 14.4. The molecule has 0 aromatic rings. The lowest BCUT2D eigenvalue weighted by molar-refractivity contribution is -0.120. The first kappa shape index (κ1) is 21.5. The van der Waals surface area contributed by atoms with Crippen molar-refractivity contribution in [3.05, 3.63) is 0 Å². The van der Waals surface area contributed by atoms with Crippen LogP contribution in [-0.4, -0.2) is 38.0 Å². The quantitative estimate of drug-likeness (QED) is 0.349. The lowest BCUT2D eigenvalue weighted by Crippen LogP contribution is -2.47. The van der Waals surface area contributed by atoms with E-state index in [1.165, 1.54) is 25.7 Å². The van der Waals surface area contributed by atoms with E-state index >= 15 is 0 Å². The molecular weight excluding hydrogens is 391 g/mol. The number of nitrogens with zero attached hydrogens (tertiary/aromatic N) is 1. The normalized spacial score (nSPS) is 22.0. The van der Waals surface area contributed by atoms with Crippen LogP contribution in [0.25, 0.3) is 0 Å². The van der Waals surface area contributed by atoms with Crippen LogP contribution >= 0.6 is 24.0 Å². The maximum atomic E-state index is 11.6. The number of guanidine groups is 1. The molecule has 0 aromatic heterocycles. The van der Waals surface area contributed by atoms with Crippen molar-refractivity contribution in [1.29, 1.82) is 0 Å². The Labute approximate surface area is 152 Å². The van der Waals surface area contributed by atoms with Gasteiger partial charge < -0.3 is 16.0 Å². The van der Waals surface area contributed by atoms with E-state index in [1.807, 2.05) is 6.92 Å². The van der Waals surface area contributed by atoms with Gasteiger partial charge in [-0.15, -0.1) is 24.0 Å². The van der Waals surface area contributed by atoms with Crippen molar-refractivity contribution in [2.75, 3.05) is 20.1 Å². The van der Waals surface area contributed by atoms with Gasteiger partial charge in [0.2, 0.25) is 5.91 Å². The van der Waals surface area contributed by atoms with E-state index in [9.17, 15) is 4.79 Å². The zero-order valence-corrected chi connectivity index (χ0v) is 16.8. The van der Waals surface area contributed by atoms with Gasteiger partial charge in [-0.3, -0.25) is 9.79 Å². The fraction of sp³-hybridized carbons (Fsp3) is 0.875. The highest BCUT2D eigenvalue weighted by Gasteiger charge is 2.23. The number of hydrogen-bond acceptors (Lipinski definition) is 2. The molecule has 22 heavy (non-hydrogen) atoms. The molecule has 6 heteroatoms. The second-order valence-electron chi connectivity index (χ2n) is 6.28. The van der Waals surface area contributed by atoms with Crippen molar-refractivity contribution >= 4 is 35.8 Å². The van der Waals surface area contributed by atoms with Crippen LogP contribution in [0, 0.1) is 11.8 Å². The SMILES string of the molecule is CCCNC(=O)CNC(=NC)NC1CCC(C(C)C)CC1.I. The van der Waals surface area contributed by atoms with E-state index in [0.717, 1.165) is 30.8 Å². The van der Waals surface area contributed by atoms with Crippen molar-refractivity contribution in [3.8, 4) is 0 Å². The smallest absolute Gasteiger partial charge is 0.239 e. The Morgan fingerprint density at radius 3 is 2.32 bits per heavy atom. The molecular formula is C16H33IN4O. The molecule has 0 unspecified atom stereocenters. The van der Waals surface area contributed by atoms with Gasteiger partial charge in [-0.25, -0.2) is 0 Å². The summed E-state index contributed by atoms with van der Waals surface area (Å²) in [5.41, 5.74) is 0. The maximum absolute atomic E-state index is 11.6. The van der Waals surface area contributed by atoms with Gasteiger partial charge in [0.1, 0.15) is 0 Å². The summed E-state index contributed by atoms with van der Waals surface area (Å²) in [6.07, 6.45) is 5.89.